The summed E-state index contributed by atoms with van der Waals surface area (Å²) in [6.45, 7) is 4.09. The minimum absolute atomic E-state index is 0.00456. The van der Waals surface area contributed by atoms with Crippen molar-refractivity contribution in [1.82, 2.24) is 0 Å². The average molecular weight is 293 g/mol. The minimum Gasteiger partial charge on any atom is -0.294 e. The molecule has 0 unspecified atom stereocenters. The van der Waals surface area contributed by atoms with Crippen LogP contribution in [-0.4, -0.2) is 5.78 Å². The van der Waals surface area contributed by atoms with Crippen LogP contribution in [0.3, 0.4) is 0 Å². The van der Waals surface area contributed by atoms with E-state index in [1.165, 1.54) is 11.1 Å². The van der Waals surface area contributed by atoms with Crippen LogP contribution in [0.25, 0.3) is 0 Å². The molecule has 98 valence electrons. The van der Waals surface area contributed by atoms with Gasteiger partial charge in [0.2, 0.25) is 0 Å². The molecule has 0 N–H and O–H groups in total. The molecule has 0 saturated heterocycles. The van der Waals surface area contributed by atoms with Crippen LogP contribution in [0.4, 0.5) is 0 Å². The Morgan fingerprint density at radius 3 is 2.37 bits per heavy atom. The number of Topliss-reactive ketones (excluding diaryl/α,β-unsaturated/α-hetero) is 1. The highest BCUT2D eigenvalue weighted by molar-refractivity contribution is 6.36. The monoisotopic (exact) mass is 292 g/mol. The van der Waals surface area contributed by atoms with Gasteiger partial charge in [-0.2, -0.15) is 0 Å². The lowest BCUT2D eigenvalue weighted by atomic mass is 9.99. The highest BCUT2D eigenvalue weighted by Gasteiger charge is 2.11. The van der Waals surface area contributed by atoms with Gasteiger partial charge < -0.3 is 0 Å². The van der Waals surface area contributed by atoms with Crippen molar-refractivity contribution in [2.24, 2.45) is 0 Å². The normalized spacial score (nSPS) is 10.5. The number of carbonyl (C=O) groups excluding carboxylic acids is 1. The Bertz CT molecular complexity index is 633. The van der Waals surface area contributed by atoms with Crippen LogP contribution in [-0.2, 0) is 6.42 Å². The van der Waals surface area contributed by atoms with Crippen molar-refractivity contribution < 1.29 is 4.79 Å². The van der Waals surface area contributed by atoms with Crippen molar-refractivity contribution >= 4 is 29.0 Å². The molecule has 0 aliphatic heterocycles. The SMILES string of the molecule is Cc1ccc(CC(=O)c2ccc(Cl)cc2Cl)cc1C. The Morgan fingerprint density at radius 1 is 1.00 bits per heavy atom. The highest BCUT2D eigenvalue weighted by Crippen LogP contribution is 2.22. The largest absolute Gasteiger partial charge is 0.294 e. The first-order chi connectivity index (χ1) is 8.97. The molecule has 2 aromatic rings. The molecule has 0 saturated carbocycles. The molecular formula is C16H14Cl2O. The van der Waals surface area contributed by atoms with Crippen LogP contribution in [0.2, 0.25) is 10.0 Å². The molecule has 3 heteroatoms. The molecule has 0 atom stereocenters. The first-order valence-electron chi connectivity index (χ1n) is 6.02. The second-order valence-corrected chi connectivity index (χ2v) is 5.49. The summed E-state index contributed by atoms with van der Waals surface area (Å²) in [5, 5.41) is 0.939. The molecule has 0 radical (unpaired) electrons. The van der Waals surface area contributed by atoms with Crippen molar-refractivity contribution in [2.45, 2.75) is 20.3 Å². The quantitative estimate of drug-likeness (QED) is 0.725. The number of aryl methyl sites for hydroxylation is 2. The van der Waals surface area contributed by atoms with Gasteiger partial charge in [-0.3, -0.25) is 4.79 Å². The van der Waals surface area contributed by atoms with E-state index in [0.717, 1.165) is 5.56 Å². The fourth-order valence-electron chi connectivity index (χ4n) is 1.91. The van der Waals surface area contributed by atoms with Gasteiger partial charge in [0.25, 0.3) is 0 Å². The molecule has 2 aromatic carbocycles. The van der Waals surface area contributed by atoms with Gasteiger partial charge in [-0.15, -0.1) is 0 Å². The summed E-state index contributed by atoms with van der Waals surface area (Å²) in [5.41, 5.74) is 3.93. The molecule has 0 amide bonds. The predicted molar refractivity (Wildman–Crippen MR) is 80.4 cm³/mol. The maximum Gasteiger partial charge on any atom is 0.168 e. The van der Waals surface area contributed by atoms with Gasteiger partial charge in [-0.25, -0.2) is 0 Å². The van der Waals surface area contributed by atoms with Gasteiger partial charge in [-0.1, -0.05) is 41.4 Å². The van der Waals surface area contributed by atoms with E-state index in [0.29, 0.717) is 22.0 Å². The summed E-state index contributed by atoms with van der Waals surface area (Å²) in [4.78, 5) is 12.2. The summed E-state index contributed by atoms with van der Waals surface area (Å²) < 4.78 is 0. The van der Waals surface area contributed by atoms with Crippen molar-refractivity contribution in [2.75, 3.05) is 0 Å². The smallest absolute Gasteiger partial charge is 0.168 e. The summed E-state index contributed by atoms with van der Waals surface area (Å²) in [6, 6.07) is 11.0. The topological polar surface area (TPSA) is 17.1 Å². The van der Waals surface area contributed by atoms with Crippen LogP contribution in [0.1, 0.15) is 27.0 Å². The first kappa shape index (κ1) is 14.1. The van der Waals surface area contributed by atoms with Gasteiger partial charge in [-0.05, 0) is 48.7 Å². The number of rotatable bonds is 3. The van der Waals surface area contributed by atoms with Crippen LogP contribution in [0, 0.1) is 13.8 Å². The van der Waals surface area contributed by atoms with Crippen molar-refractivity contribution in [3.05, 3.63) is 68.7 Å². The number of halogens is 2. The Hall–Kier alpha value is -1.31. The molecule has 0 spiro atoms. The molecule has 0 fully saturated rings. The molecule has 19 heavy (non-hydrogen) atoms. The Balaban J connectivity index is 2.23. The second kappa shape index (κ2) is 5.77. The molecule has 2 rings (SSSR count). The Labute approximate surface area is 123 Å². The summed E-state index contributed by atoms with van der Waals surface area (Å²) in [6.07, 6.45) is 0.350. The van der Waals surface area contributed by atoms with Gasteiger partial charge in [0.1, 0.15) is 0 Å². The van der Waals surface area contributed by atoms with E-state index >= 15 is 0 Å². The zero-order chi connectivity index (χ0) is 14.0. The minimum atomic E-state index is 0.00456. The van der Waals surface area contributed by atoms with Gasteiger partial charge in [0, 0.05) is 17.0 Å². The molecule has 0 aromatic heterocycles. The number of benzene rings is 2. The summed E-state index contributed by atoms with van der Waals surface area (Å²) >= 11 is 11.9. The van der Waals surface area contributed by atoms with Crippen LogP contribution >= 0.6 is 23.2 Å². The highest BCUT2D eigenvalue weighted by atomic mass is 35.5. The fourth-order valence-corrected chi connectivity index (χ4v) is 2.42. The lowest BCUT2D eigenvalue weighted by Crippen LogP contribution is -2.04. The van der Waals surface area contributed by atoms with Crippen molar-refractivity contribution in [3.63, 3.8) is 0 Å². The number of hydrogen-bond acceptors (Lipinski definition) is 1. The maximum absolute atomic E-state index is 12.2. The third-order valence-corrected chi connectivity index (χ3v) is 3.72. The molecule has 0 bridgehead atoms. The third-order valence-electron chi connectivity index (χ3n) is 3.17. The molecular weight excluding hydrogens is 279 g/mol. The first-order valence-corrected chi connectivity index (χ1v) is 6.77. The third kappa shape index (κ3) is 3.37. The Morgan fingerprint density at radius 2 is 1.74 bits per heavy atom. The van der Waals surface area contributed by atoms with Crippen LogP contribution < -0.4 is 0 Å². The number of ketones is 1. The van der Waals surface area contributed by atoms with Crippen LogP contribution in [0.5, 0.6) is 0 Å². The predicted octanol–water partition coefficient (Wildman–Crippen LogP) is 5.04. The zero-order valence-corrected chi connectivity index (χ0v) is 12.3. The molecule has 0 heterocycles. The lowest BCUT2D eigenvalue weighted by Gasteiger charge is -2.06. The van der Waals surface area contributed by atoms with E-state index in [1.807, 2.05) is 25.1 Å². The molecule has 0 aliphatic carbocycles. The lowest BCUT2D eigenvalue weighted by molar-refractivity contribution is 0.0993. The fraction of sp³-hybridized carbons (Fsp3) is 0.188. The van der Waals surface area contributed by atoms with Crippen LogP contribution in [0.15, 0.2) is 36.4 Å². The van der Waals surface area contributed by atoms with E-state index in [2.05, 4.69) is 6.92 Å². The standard InChI is InChI=1S/C16H14Cl2O/c1-10-3-4-12(7-11(10)2)8-16(19)14-6-5-13(17)9-15(14)18/h3-7,9H,8H2,1-2H3. The Kier molecular flexibility index (Phi) is 4.28. The summed E-state index contributed by atoms with van der Waals surface area (Å²) in [7, 11) is 0. The molecule has 0 aliphatic rings. The van der Waals surface area contributed by atoms with Gasteiger partial charge in [0.05, 0.1) is 5.02 Å². The molecule has 1 nitrogen and oxygen atoms in total. The van der Waals surface area contributed by atoms with Crippen molar-refractivity contribution in [3.8, 4) is 0 Å². The van der Waals surface area contributed by atoms with E-state index in [4.69, 9.17) is 23.2 Å². The second-order valence-electron chi connectivity index (χ2n) is 4.64. The van der Waals surface area contributed by atoms with E-state index in [1.54, 1.807) is 18.2 Å². The maximum atomic E-state index is 12.2. The average Bonchev–Trinajstić information content (AvgIpc) is 2.33. The van der Waals surface area contributed by atoms with Gasteiger partial charge >= 0.3 is 0 Å². The van der Waals surface area contributed by atoms with E-state index < -0.39 is 0 Å². The number of carbonyl (C=O) groups is 1. The summed E-state index contributed by atoms with van der Waals surface area (Å²) in [5.74, 6) is 0.00456. The number of hydrogen-bond donors (Lipinski definition) is 0. The van der Waals surface area contributed by atoms with E-state index in [-0.39, 0.29) is 5.78 Å². The zero-order valence-electron chi connectivity index (χ0n) is 10.8. The van der Waals surface area contributed by atoms with Gasteiger partial charge in [0.15, 0.2) is 5.78 Å². The van der Waals surface area contributed by atoms with E-state index in [9.17, 15) is 4.79 Å². The van der Waals surface area contributed by atoms with Crippen molar-refractivity contribution in [1.29, 1.82) is 0 Å².